The van der Waals surface area contributed by atoms with E-state index >= 15 is 0 Å². The average Bonchev–Trinajstić information content (AvgIpc) is 2.49. The van der Waals surface area contributed by atoms with Crippen LogP contribution in [0.3, 0.4) is 0 Å². The van der Waals surface area contributed by atoms with E-state index in [4.69, 9.17) is 5.73 Å². The maximum atomic E-state index is 13.4. The fraction of sp³-hybridized carbons (Fsp3) is 0.176. The fourth-order valence-electron chi connectivity index (χ4n) is 2.38. The quantitative estimate of drug-likeness (QED) is 0.765. The predicted octanol–water partition coefficient (Wildman–Crippen LogP) is 3.04. The minimum absolute atomic E-state index is 0.342. The van der Waals surface area contributed by atoms with E-state index in [1.807, 2.05) is 13.0 Å². The van der Waals surface area contributed by atoms with E-state index in [-0.39, 0.29) is 5.91 Å². The molecule has 23 heavy (non-hydrogen) atoms. The van der Waals surface area contributed by atoms with Crippen molar-refractivity contribution in [3.8, 4) is 0 Å². The maximum absolute atomic E-state index is 13.4. The number of hydrogen-bond donors (Lipinski definition) is 1. The van der Waals surface area contributed by atoms with Gasteiger partial charge in [-0.3, -0.25) is 9.59 Å². The van der Waals surface area contributed by atoms with Crippen molar-refractivity contribution in [1.29, 1.82) is 0 Å². The molecule has 0 bridgehead atoms. The second-order valence-corrected chi connectivity index (χ2v) is 6.29. The molecule has 1 atom stereocenters. The van der Waals surface area contributed by atoms with E-state index in [1.165, 1.54) is 30.1 Å². The van der Waals surface area contributed by atoms with Gasteiger partial charge in [0, 0.05) is 10.6 Å². The first-order valence-electron chi connectivity index (χ1n) is 6.90. The van der Waals surface area contributed by atoms with Crippen LogP contribution in [0.15, 0.2) is 42.5 Å². The van der Waals surface area contributed by atoms with E-state index in [0.29, 0.717) is 11.1 Å². The van der Waals surface area contributed by atoms with Crippen molar-refractivity contribution in [1.82, 2.24) is 4.90 Å². The Hall–Kier alpha value is -1.96. The third-order valence-corrected chi connectivity index (χ3v) is 5.00. The molecule has 0 fully saturated rings. The molecule has 4 nitrogen and oxygen atoms in total. The first kappa shape index (κ1) is 17.4. The lowest BCUT2D eigenvalue weighted by Gasteiger charge is -2.26. The first-order chi connectivity index (χ1) is 10.8. The zero-order valence-corrected chi connectivity index (χ0v) is 14.9. The van der Waals surface area contributed by atoms with Crippen LogP contribution in [0.5, 0.6) is 0 Å². The summed E-state index contributed by atoms with van der Waals surface area (Å²) in [7, 11) is 1.49. The summed E-state index contributed by atoms with van der Waals surface area (Å²) in [5.41, 5.74) is 7.24. The lowest BCUT2D eigenvalue weighted by atomic mass is 10.0. The second kappa shape index (κ2) is 7.08. The molecule has 1 unspecified atom stereocenters. The maximum Gasteiger partial charge on any atom is 0.255 e. The summed E-state index contributed by atoms with van der Waals surface area (Å²) in [4.78, 5) is 25.8. The lowest BCUT2D eigenvalue weighted by Crippen LogP contribution is -2.39. The summed E-state index contributed by atoms with van der Waals surface area (Å²) < 4.78 is 14.2. The Bertz CT molecular complexity index is 764. The highest BCUT2D eigenvalue weighted by atomic mass is 127. The van der Waals surface area contributed by atoms with Crippen molar-refractivity contribution in [2.75, 3.05) is 7.05 Å². The van der Waals surface area contributed by atoms with Crippen LogP contribution in [-0.2, 0) is 4.79 Å². The molecule has 0 aromatic heterocycles. The van der Waals surface area contributed by atoms with Crippen molar-refractivity contribution in [2.24, 2.45) is 5.73 Å². The van der Waals surface area contributed by atoms with Gasteiger partial charge in [0.25, 0.3) is 5.91 Å². The van der Waals surface area contributed by atoms with Crippen LogP contribution in [0, 0.1) is 16.3 Å². The molecule has 0 radical (unpaired) electrons. The normalized spacial score (nSPS) is 11.8. The minimum Gasteiger partial charge on any atom is -0.368 e. The van der Waals surface area contributed by atoms with E-state index < -0.39 is 17.8 Å². The number of amides is 2. The molecule has 0 spiro atoms. The van der Waals surface area contributed by atoms with Crippen LogP contribution in [0.25, 0.3) is 0 Å². The van der Waals surface area contributed by atoms with Crippen molar-refractivity contribution in [3.05, 3.63) is 68.5 Å². The number of carbonyl (C=O) groups excluding carboxylic acids is 2. The smallest absolute Gasteiger partial charge is 0.255 e. The molecule has 2 aromatic rings. The highest BCUT2D eigenvalue weighted by molar-refractivity contribution is 14.1. The highest BCUT2D eigenvalue weighted by Crippen LogP contribution is 2.24. The van der Waals surface area contributed by atoms with E-state index in [1.54, 1.807) is 18.2 Å². The van der Waals surface area contributed by atoms with Gasteiger partial charge in [0.1, 0.15) is 11.9 Å². The number of aryl methyl sites for hydroxylation is 1. The largest absolute Gasteiger partial charge is 0.368 e. The number of hydrogen-bond acceptors (Lipinski definition) is 2. The van der Waals surface area contributed by atoms with Gasteiger partial charge in [0.05, 0.1) is 5.56 Å². The Morgan fingerprint density at radius 1 is 1.22 bits per heavy atom. The molecular weight excluding hydrogens is 410 g/mol. The van der Waals surface area contributed by atoms with Gasteiger partial charge in [0.2, 0.25) is 5.91 Å². The van der Waals surface area contributed by atoms with Crippen molar-refractivity contribution in [3.63, 3.8) is 0 Å². The molecule has 2 aromatic carbocycles. The number of likely N-dealkylation sites (N-methyl/N-ethyl adjacent to an activating group) is 1. The Morgan fingerprint density at radius 2 is 1.87 bits per heavy atom. The molecule has 0 saturated carbocycles. The van der Waals surface area contributed by atoms with Crippen LogP contribution in [-0.4, -0.2) is 23.8 Å². The number of primary amides is 1. The number of nitrogens with zero attached hydrogens (tertiary/aromatic N) is 1. The Morgan fingerprint density at radius 3 is 2.48 bits per heavy atom. The molecular formula is C17H16FIN2O2. The van der Waals surface area contributed by atoms with Crippen molar-refractivity contribution in [2.45, 2.75) is 13.0 Å². The van der Waals surface area contributed by atoms with E-state index in [0.717, 1.165) is 9.13 Å². The molecule has 6 heteroatoms. The Balaban J connectivity index is 2.42. The zero-order chi connectivity index (χ0) is 17.1. The van der Waals surface area contributed by atoms with E-state index in [2.05, 4.69) is 22.6 Å². The second-order valence-electron chi connectivity index (χ2n) is 5.21. The molecule has 0 aliphatic carbocycles. The molecule has 2 amide bonds. The number of rotatable bonds is 4. The van der Waals surface area contributed by atoms with Gasteiger partial charge in [-0.2, -0.15) is 0 Å². The van der Waals surface area contributed by atoms with Crippen LogP contribution >= 0.6 is 22.6 Å². The molecule has 120 valence electrons. The topological polar surface area (TPSA) is 63.4 Å². The summed E-state index contributed by atoms with van der Waals surface area (Å²) in [6.45, 7) is 1.90. The van der Waals surface area contributed by atoms with Crippen LogP contribution in [0.4, 0.5) is 4.39 Å². The zero-order valence-electron chi connectivity index (χ0n) is 12.7. The minimum atomic E-state index is -1.03. The van der Waals surface area contributed by atoms with Crippen molar-refractivity contribution >= 4 is 34.4 Å². The lowest BCUT2D eigenvalue weighted by molar-refractivity contribution is -0.122. The Kier molecular flexibility index (Phi) is 5.35. The van der Waals surface area contributed by atoms with Gasteiger partial charge in [-0.25, -0.2) is 4.39 Å². The molecule has 2 N–H and O–H groups in total. The summed E-state index contributed by atoms with van der Waals surface area (Å²) >= 11 is 2.09. The SMILES string of the molecule is Cc1cccc(C(=O)N(C)C(C(N)=O)c2cccc(F)c2)c1I. The summed E-state index contributed by atoms with van der Waals surface area (Å²) in [5.74, 6) is -1.54. The summed E-state index contributed by atoms with van der Waals surface area (Å²) in [6, 6.07) is 9.87. The molecule has 0 heterocycles. The van der Waals surface area contributed by atoms with Crippen LogP contribution < -0.4 is 5.73 Å². The van der Waals surface area contributed by atoms with Gasteiger partial charge in [-0.15, -0.1) is 0 Å². The Labute approximate surface area is 147 Å². The fourth-order valence-corrected chi connectivity index (χ4v) is 2.97. The standard InChI is InChI=1S/C17H16FIN2O2/c1-10-5-3-8-13(14(10)19)17(23)21(2)15(16(20)22)11-6-4-7-12(18)9-11/h3-9,15H,1-2H3,(H2,20,22). The van der Waals surface area contributed by atoms with Gasteiger partial charge in [-0.1, -0.05) is 24.3 Å². The summed E-state index contributed by atoms with van der Waals surface area (Å²) in [6.07, 6.45) is 0. The van der Waals surface area contributed by atoms with Crippen LogP contribution in [0.2, 0.25) is 0 Å². The van der Waals surface area contributed by atoms with Gasteiger partial charge in [-0.05, 0) is 58.8 Å². The highest BCUT2D eigenvalue weighted by Gasteiger charge is 2.28. The number of benzene rings is 2. The van der Waals surface area contributed by atoms with Gasteiger partial charge < -0.3 is 10.6 Å². The third-order valence-electron chi connectivity index (χ3n) is 3.56. The monoisotopic (exact) mass is 426 g/mol. The van der Waals surface area contributed by atoms with Crippen molar-refractivity contribution < 1.29 is 14.0 Å². The van der Waals surface area contributed by atoms with Crippen LogP contribution in [0.1, 0.15) is 27.5 Å². The number of nitrogens with two attached hydrogens (primary N) is 1. The summed E-state index contributed by atoms with van der Waals surface area (Å²) in [5, 5.41) is 0. The number of halogens is 2. The first-order valence-corrected chi connectivity index (χ1v) is 7.98. The molecule has 0 aliphatic heterocycles. The van der Waals surface area contributed by atoms with Gasteiger partial charge >= 0.3 is 0 Å². The van der Waals surface area contributed by atoms with E-state index in [9.17, 15) is 14.0 Å². The average molecular weight is 426 g/mol. The number of carbonyl (C=O) groups is 2. The molecule has 2 rings (SSSR count). The third kappa shape index (κ3) is 3.69. The predicted molar refractivity (Wildman–Crippen MR) is 94.3 cm³/mol. The van der Waals surface area contributed by atoms with Gasteiger partial charge in [0.15, 0.2) is 0 Å². The molecule has 0 saturated heterocycles. The molecule has 0 aliphatic rings.